The van der Waals surface area contributed by atoms with Gasteiger partial charge in [0.05, 0.1) is 0 Å². The number of rotatable bonds is 0. The fraction of sp³-hybridized carbons (Fsp3) is 0.583. The number of hydrogen-bond donors (Lipinski definition) is 1. The van der Waals surface area contributed by atoms with Gasteiger partial charge in [-0.15, -0.1) is 0 Å². The molecule has 0 radical (unpaired) electrons. The van der Waals surface area contributed by atoms with Crippen LogP contribution in [-0.4, -0.2) is 17.7 Å². The molecule has 1 aromatic heterocycles. The molecule has 0 unspecified atom stereocenters. The normalized spacial score (nSPS) is 22.9. The zero-order chi connectivity index (χ0) is 10.3. The van der Waals surface area contributed by atoms with Crippen molar-refractivity contribution in [3.05, 3.63) is 34.2 Å². The van der Waals surface area contributed by atoms with Crippen LogP contribution in [0.1, 0.15) is 18.5 Å². The molecule has 0 amide bonds. The SMILES string of the molecule is O=c1ccn2c(c1)CC1(CCNCC1)C2. The first-order valence-electron chi connectivity index (χ1n) is 5.68. The number of hydrogen-bond acceptors (Lipinski definition) is 2. The predicted octanol–water partition coefficient (Wildman–Crippen LogP) is 0.774. The van der Waals surface area contributed by atoms with Crippen LogP contribution < -0.4 is 10.7 Å². The summed E-state index contributed by atoms with van der Waals surface area (Å²) in [6, 6.07) is 3.47. The Morgan fingerprint density at radius 3 is 2.93 bits per heavy atom. The highest BCUT2D eigenvalue weighted by molar-refractivity contribution is 5.15. The van der Waals surface area contributed by atoms with Gasteiger partial charge in [0, 0.05) is 30.6 Å². The summed E-state index contributed by atoms with van der Waals surface area (Å²) in [7, 11) is 0. The van der Waals surface area contributed by atoms with Gasteiger partial charge in [-0.25, -0.2) is 0 Å². The van der Waals surface area contributed by atoms with Gasteiger partial charge in [-0.2, -0.15) is 0 Å². The standard InChI is InChI=1S/C12H16N2O/c15-11-1-6-14-9-12(8-10(14)7-11)2-4-13-5-3-12/h1,6-7,13H,2-5,8-9H2. The van der Waals surface area contributed by atoms with Gasteiger partial charge in [0.15, 0.2) is 5.43 Å². The van der Waals surface area contributed by atoms with Crippen LogP contribution in [0.2, 0.25) is 0 Å². The van der Waals surface area contributed by atoms with E-state index in [-0.39, 0.29) is 5.43 Å². The summed E-state index contributed by atoms with van der Waals surface area (Å²) in [5.74, 6) is 0. The van der Waals surface area contributed by atoms with Crippen molar-refractivity contribution in [3.63, 3.8) is 0 Å². The number of nitrogens with one attached hydrogen (secondary N) is 1. The molecule has 0 aromatic carbocycles. The van der Waals surface area contributed by atoms with Gasteiger partial charge in [-0.1, -0.05) is 0 Å². The van der Waals surface area contributed by atoms with E-state index in [0.29, 0.717) is 5.41 Å². The molecule has 0 saturated carbocycles. The number of piperidine rings is 1. The third-order valence-electron chi connectivity index (χ3n) is 3.82. The third kappa shape index (κ3) is 1.51. The van der Waals surface area contributed by atoms with Gasteiger partial charge in [0.1, 0.15) is 0 Å². The second-order valence-corrected chi connectivity index (χ2v) is 4.91. The average Bonchev–Trinajstić information content (AvgIpc) is 2.56. The lowest BCUT2D eigenvalue weighted by atomic mass is 9.77. The van der Waals surface area contributed by atoms with E-state index in [2.05, 4.69) is 9.88 Å². The van der Waals surface area contributed by atoms with Crippen LogP contribution in [0.25, 0.3) is 0 Å². The molecule has 3 heterocycles. The second-order valence-electron chi connectivity index (χ2n) is 4.91. The summed E-state index contributed by atoms with van der Waals surface area (Å²) < 4.78 is 2.26. The van der Waals surface area contributed by atoms with Gasteiger partial charge in [-0.3, -0.25) is 4.79 Å². The fourth-order valence-corrected chi connectivity index (χ4v) is 2.95. The molecule has 2 aliphatic heterocycles. The molecule has 0 bridgehead atoms. The number of pyridine rings is 1. The van der Waals surface area contributed by atoms with Crippen LogP contribution >= 0.6 is 0 Å². The van der Waals surface area contributed by atoms with E-state index in [0.717, 1.165) is 26.1 Å². The van der Waals surface area contributed by atoms with Crippen molar-refractivity contribution in [2.75, 3.05) is 13.1 Å². The van der Waals surface area contributed by atoms with E-state index in [9.17, 15) is 4.79 Å². The first-order valence-corrected chi connectivity index (χ1v) is 5.68. The Labute approximate surface area is 89.1 Å². The van der Waals surface area contributed by atoms with E-state index in [1.54, 1.807) is 12.1 Å². The molecular formula is C12H16N2O. The van der Waals surface area contributed by atoms with E-state index in [4.69, 9.17) is 0 Å². The average molecular weight is 204 g/mol. The van der Waals surface area contributed by atoms with Gasteiger partial charge in [0.2, 0.25) is 0 Å². The van der Waals surface area contributed by atoms with Crippen molar-refractivity contribution in [3.8, 4) is 0 Å². The maximum absolute atomic E-state index is 11.3. The zero-order valence-corrected chi connectivity index (χ0v) is 8.83. The topological polar surface area (TPSA) is 34.0 Å². The van der Waals surface area contributed by atoms with E-state index in [1.807, 2.05) is 6.20 Å². The molecule has 3 heteroatoms. The van der Waals surface area contributed by atoms with Gasteiger partial charge in [-0.05, 0) is 37.8 Å². The quantitative estimate of drug-likeness (QED) is 0.677. The lowest BCUT2D eigenvalue weighted by molar-refractivity contribution is 0.199. The summed E-state index contributed by atoms with van der Waals surface area (Å²) in [4.78, 5) is 11.3. The third-order valence-corrected chi connectivity index (χ3v) is 3.82. The molecule has 15 heavy (non-hydrogen) atoms. The van der Waals surface area contributed by atoms with Gasteiger partial charge < -0.3 is 9.88 Å². The molecule has 1 spiro atoms. The van der Waals surface area contributed by atoms with Crippen molar-refractivity contribution >= 4 is 0 Å². The smallest absolute Gasteiger partial charge is 0.181 e. The molecule has 1 N–H and O–H groups in total. The summed E-state index contributed by atoms with van der Waals surface area (Å²) in [5.41, 5.74) is 1.81. The highest BCUT2D eigenvalue weighted by Crippen LogP contribution is 2.39. The van der Waals surface area contributed by atoms with E-state index in [1.165, 1.54) is 18.5 Å². The van der Waals surface area contributed by atoms with Crippen LogP contribution in [0.3, 0.4) is 0 Å². The summed E-state index contributed by atoms with van der Waals surface area (Å²) in [6.07, 6.45) is 5.52. The van der Waals surface area contributed by atoms with Crippen LogP contribution in [0, 0.1) is 5.41 Å². The molecule has 80 valence electrons. The Morgan fingerprint density at radius 2 is 2.13 bits per heavy atom. The second kappa shape index (κ2) is 3.20. The lowest BCUT2D eigenvalue weighted by Gasteiger charge is -2.32. The van der Waals surface area contributed by atoms with E-state index >= 15 is 0 Å². The molecule has 2 aliphatic rings. The molecule has 0 aliphatic carbocycles. The van der Waals surface area contributed by atoms with Gasteiger partial charge in [0.25, 0.3) is 0 Å². The van der Waals surface area contributed by atoms with Crippen LogP contribution in [0.15, 0.2) is 23.1 Å². The van der Waals surface area contributed by atoms with Crippen LogP contribution in [0.5, 0.6) is 0 Å². The molecule has 1 aromatic rings. The molecule has 0 atom stereocenters. The first-order chi connectivity index (χ1) is 7.27. The van der Waals surface area contributed by atoms with Crippen molar-refractivity contribution in [1.29, 1.82) is 0 Å². The van der Waals surface area contributed by atoms with Crippen LogP contribution in [0.4, 0.5) is 0 Å². The summed E-state index contributed by atoms with van der Waals surface area (Å²) >= 11 is 0. The van der Waals surface area contributed by atoms with Crippen molar-refractivity contribution < 1.29 is 0 Å². The lowest BCUT2D eigenvalue weighted by Crippen LogP contribution is -2.37. The highest BCUT2D eigenvalue weighted by Gasteiger charge is 2.37. The van der Waals surface area contributed by atoms with Crippen molar-refractivity contribution in [2.24, 2.45) is 5.41 Å². The Hall–Kier alpha value is -1.09. The Morgan fingerprint density at radius 1 is 1.33 bits per heavy atom. The predicted molar refractivity (Wildman–Crippen MR) is 58.9 cm³/mol. The molecule has 3 nitrogen and oxygen atoms in total. The Bertz CT molecular complexity index is 429. The monoisotopic (exact) mass is 204 g/mol. The van der Waals surface area contributed by atoms with E-state index < -0.39 is 0 Å². The minimum Gasteiger partial charge on any atom is -0.351 e. The Balaban J connectivity index is 1.93. The van der Waals surface area contributed by atoms with Crippen molar-refractivity contribution in [2.45, 2.75) is 25.8 Å². The fourth-order valence-electron chi connectivity index (χ4n) is 2.95. The number of aromatic nitrogens is 1. The highest BCUT2D eigenvalue weighted by atomic mass is 16.1. The first kappa shape index (κ1) is 9.16. The number of fused-ring (bicyclic) bond motifs is 1. The molecule has 1 fully saturated rings. The molecule has 3 rings (SSSR count). The Kier molecular flexibility index (Phi) is 1.96. The minimum absolute atomic E-state index is 0.146. The molecular weight excluding hydrogens is 188 g/mol. The summed E-state index contributed by atoms with van der Waals surface area (Å²) in [6.45, 7) is 3.35. The zero-order valence-electron chi connectivity index (χ0n) is 8.83. The maximum Gasteiger partial charge on any atom is 0.181 e. The molecule has 1 saturated heterocycles. The van der Waals surface area contributed by atoms with Crippen molar-refractivity contribution in [1.82, 2.24) is 9.88 Å². The summed E-state index contributed by atoms with van der Waals surface area (Å²) in [5, 5.41) is 3.40. The van der Waals surface area contributed by atoms with Gasteiger partial charge >= 0.3 is 0 Å². The minimum atomic E-state index is 0.146. The van der Waals surface area contributed by atoms with Crippen LogP contribution in [-0.2, 0) is 13.0 Å². The number of nitrogens with zero attached hydrogens (tertiary/aromatic N) is 1. The maximum atomic E-state index is 11.3. The largest absolute Gasteiger partial charge is 0.351 e.